The molecule has 0 saturated carbocycles. The summed E-state index contributed by atoms with van der Waals surface area (Å²) in [5.74, 6) is -1.55. The number of carbonyl (C=O) groups excluding carboxylic acids is 2. The first-order valence-corrected chi connectivity index (χ1v) is 25.1. The maximum absolute atomic E-state index is 14.8. The average molecular weight is 1040 g/mol. The van der Waals surface area contributed by atoms with E-state index < -0.39 is 23.3 Å². The Kier molecular flexibility index (Phi) is 22.6. The molecule has 398 valence electrons. The molecule has 74 heavy (non-hydrogen) atoms. The molecule has 0 atom stereocenters. The van der Waals surface area contributed by atoms with Crippen LogP contribution in [0.5, 0.6) is 11.5 Å². The third kappa shape index (κ3) is 17.0. The molecule has 1 amide bonds. The van der Waals surface area contributed by atoms with Crippen LogP contribution in [0, 0.1) is 35.1 Å². The number of nitrogens with zero attached hydrogens (tertiary/aromatic N) is 7. The number of hydrogen-bond acceptors (Lipinski definition) is 11. The molecule has 2 aliphatic rings. The second kappa shape index (κ2) is 28.7. The van der Waals surface area contributed by atoms with Crippen LogP contribution in [-0.2, 0) is 35.5 Å². The number of nitrogens with one attached hydrogen (secondary N) is 1. The van der Waals surface area contributed by atoms with Crippen LogP contribution in [-0.4, -0.2) is 89.5 Å². The molecule has 12 nitrogen and oxygen atoms in total. The van der Waals surface area contributed by atoms with Gasteiger partial charge in [-0.15, -0.1) is 0 Å². The monoisotopic (exact) mass is 1040 g/mol. The van der Waals surface area contributed by atoms with Gasteiger partial charge < -0.3 is 29.5 Å². The molecular formula is C57H71ClF4N8O4. The Labute approximate surface area is 440 Å². The van der Waals surface area contributed by atoms with Crippen LogP contribution in [0.25, 0.3) is 22.3 Å². The molecule has 0 aliphatic carbocycles. The topological polar surface area (TPSA) is 126 Å². The van der Waals surface area contributed by atoms with Crippen molar-refractivity contribution in [2.45, 2.75) is 86.7 Å². The molecule has 0 unspecified atom stereocenters. The summed E-state index contributed by atoms with van der Waals surface area (Å²) in [7, 11) is 3.60. The van der Waals surface area contributed by atoms with Crippen molar-refractivity contribution in [1.29, 1.82) is 0 Å². The summed E-state index contributed by atoms with van der Waals surface area (Å²) in [6.45, 7) is 11.9. The van der Waals surface area contributed by atoms with E-state index in [0.29, 0.717) is 23.2 Å². The number of amides is 1. The molecule has 4 heterocycles. The molecule has 0 radical (unpaired) electrons. The van der Waals surface area contributed by atoms with Crippen LogP contribution in [0.3, 0.4) is 0 Å². The molecule has 0 spiro atoms. The number of benzene rings is 4. The summed E-state index contributed by atoms with van der Waals surface area (Å²) < 4.78 is 70.2. The molecule has 17 heteroatoms. The summed E-state index contributed by atoms with van der Waals surface area (Å²) in [5, 5.41) is 2.72. The fraction of sp³-hybridized carbons (Fsp3) is 0.404. The van der Waals surface area contributed by atoms with Gasteiger partial charge in [0.2, 0.25) is 23.0 Å². The second-order valence-electron chi connectivity index (χ2n) is 18.3. The normalized spacial score (nSPS) is 13.7. The number of piperidine rings is 2. The lowest BCUT2D eigenvalue weighted by molar-refractivity contribution is -0.128. The van der Waals surface area contributed by atoms with Crippen LogP contribution in [0.2, 0.25) is 0 Å². The van der Waals surface area contributed by atoms with Crippen molar-refractivity contribution in [3.63, 3.8) is 0 Å². The van der Waals surface area contributed by atoms with Gasteiger partial charge in [-0.25, -0.2) is 37.5 Å². The summed E-state index contributed by atoms with van der Waals surface area (Å²) in [5.41, 5.74) is 6.65. The van der Waals surface area contributed by atoms with Crippen molar-refractivity contribution in [1.82, 2.24) is 30.2 Å². The zero-order valence-corrected chi connectivity index (χ0v) is 43.2. The number of carbonyl (C=O) groups is 2. The van der Waals surface area contributed by atoms with E-state index in [1.807, 2.05) is 68.2 Å². The maximum Gasteiger partial charge on any atom is 0.225 e. The number of aromatic nitrogens is 4. The Hall–Kier alpha value is -6.65. The zero-order valence-electron chi connectivity index (χ0n) is 42.4. The number of ether oxygens (including phenoxy) is 2. The van der Waals surface area contributed by atoms with Crippen molar-refractivity contribution in [2.75, 3.05) is 63.3 Å². The van der Waals surface area contributed by atoms with Crippen LogP contribution >= 0.6 is 11.6 Å². The van der Waals surface area contributed by atoms with E-state index in [-0.39, 0.29) is 56.6 Å². The molecular weight excluding hydrogens is 972 g/mol. The first kappa shape index (κ1) is 58.2. The Morgan fingerprint density at radius 2 is 0.959 bits per heavy atom. The minimum atomic E-state index is -0.716. The van der Waals surface area contributed by atoms with E-state index in [1.165, 1.54) is 38.1 Å². The Bertz CT molecular complexity index is 2660. The van der Waals surface area contributed by atoms with E-state index in [4.69, 9.17) is 9.47 Å². The van der Waals surface area contributed by atoms with E-state index >= 15 is 0 Å². The van der Waals surface area contributed by atoms with Gasteiger partial charge in [0.25, 0.3) is 0 Å². The number of anilines is 2. The zero-order chi connectivity index (χ0) is 52.4. The Balaban J connectivity index is 0.000000296. The molecule has 1 N–H and O–H groups in total. The van der Waals surface area contributed by atoms with Crippen LogP contribution in [0.1, 0.15) is 84.5 Å². The molecule has 0 bridgehead atoms. The van der Waals surface area contributed by atoms with Crippen molar-refractivity contribution in [3.8, 4) is 33.8 Å². The largest absolute Gasteiger partial charge is 0.487 e. The summed E-state index contributed by atoms with van der Waals surface area (Å²) >= 11 is 4.64. The predicted octanol–water partition coefficient (Wildman–Crippen LogP) is 11.9. The van der Waals surface area contributed by atoms with E-state index in [0.717, 1.165) is 111 Å². The molecule has 6 aromatic rings. The first-order chi connectivity index (χ1) is 35.1. The van der Waals surface area contributed by atoms with Crippen molar-refractivity contribution in [2.24, 2.45) is 11.8 Å². The fourth-order valence-electron chi connectivity index (χ4n) is 8.33. The average Bonchev–Trinajstić information content (AvgIpc) is 3.39. The second-order valence-corrected chi connectivity index (χ2v) is 18.8. The SMILES string of the molecule is C.CC(=O)Cl.CCc1cnc(N2CCC(COc3c(F)cc(-c4ccc(CN(C)C(C)=O)cc4)cc3F)CC2)nc1.CCc1cnc(N2CCC(COc3c(F)cc(-c4ccc(CNC)cc4)cc3F)CC2)nc1.[HH]. The fourth-order valence-corrected chi connectivity index (χ4v) is 8.33. The molecule has 4 aromatic carbocycles. The third-order valence-corrected chi connectivity index (χ3v) is 12.8. The van der Waals surface area contributed by atoms with Gasteiger partial charge in [0.05, 0.1) is 13.2 Å². The maximum atomic E-state index is 14.8. The van der Waals surface area contributed by atoms with E-state index in [9.17, 15) is 27.2 Å². The summed E-state index contributed by atoms with van der Waals surface area (Å²) in [6, 6.07) is 20.2. The van der Waals surface area contributed by atoms with Gasteiger partial charge in [0, 0.05) is 86.4 Å². The number of hydrogen-bond donors (Lipinski definition) is 1. The lowest BCUT2D eigenvalue weighted by Crippen LogP contribution is -2.36. The summed E-state index contributed by atoms with van der Waals surface area (Å²) in [6.07, 6.45) is 12.7. The highest BCUT2D eigenvalue weighted by Crippen LogP contribution is 2.33. The van der Waals surface area contributed by atoms with Gasteiger partial charge in [-0.3, -0.25) is 9.59 Å². The van der Waals surface area contributed by atoms with E-state index in [1.54, 1.807) is 24.1 Å². The van der Waals surface area contributed by atoms with Gasteiger partial charge in [0.15, 0.2) is 34.8 Å². The molecule has 2 aromatic heterocycles. The number of halogens is 5. The minimum Gasteiger partial charge on any atom is -0.487 e. The molecule has 2 aliphatic heterocycles. The first-order valence-electron chi connectivity index (χ1n) is 24.7. The van der Waals surface area contributed by atoms with Crippen molar-refractivity contribution >= 4 is 34.6 Å². The standard InChI is InChI=1S/C28H32F2N4O2.C26H30F2N4O.C2H3ClO.CH4.H2/c1-4-20-15-31-28(32-16-20)34-11-9-22(10-12-34)18-36-27-25(29)13-24(14-26(27)30)23-7-5-21(6-8-23)17-33(3)19(2)35;1-3-18-15-30-26(31-16-18)32-10-8-20(9-11-32)17-33-25-23(27)12-22(13-24(25)28)21-6-4-19(5-7-21)14-29-2;1-2(3)4;;/h5-8,13-16,22H,4,9-12,17-18H2,1-3H3;4-7,12-13,15-16,20,29H,3,8-11,14,17H2,1-2H3;1H3;1H4;1H. The quantitative estimate of drug-likeness (QED) is 0.0735. The summed E-state index contributed by atoms with van der Waals surface area (Å²) in [4.78, 5) is 44.3. The highest BCUT2D eigenvalue weighted by Gasteiger charge is 2.25. The van der Waals surface area contributed by atoms with Crippen LogP contribution in [0.15, 0.2) is 97.6 Å². The molecule has 8 rings (SSSR count). The molecule has 2 saturated heterocycles. The lowest BCUT2D eigenvalue weighted by Gasteiger charge is -2.31. The third-order valence-electron chi connectivity index (χ3n) is 12.8. The van der Waals surface area contributed by atoms with Gasteiger partial charge in [-0.1, -0.05) is 69.8 Å². The lowest BCUT2D eigenvalue weighted by atomic mass is 9.98. The van der Waals surface area contributed by atoms with Gasteiger partial charge >= 0.3 is 0 Å². The highest BCUT2D eigenvalue weighted by atomic mass is 35.5. The van der Waals surface area contributed by atoms with Crippen molar-refractivity contribution < 1.29 is 38.1 Å². The highest BCUT2D eigenvalue weighted by molar-refractivity contribution is 6.62. The van der Waals surface area contributed by atoms with Crippen LogP contribution < -0.4 is 24.6 Å². The Morgan fingerprint density at radius 1 is 0.622 bits per heavy atom. The van der Waals surface area contributed by atoms with E-state index in [2.05, 4.69) is 60.5 Å². The minimum absolute atomic E-state index is 0. The van der Waals surface area contributed by atoms with Crippen LogP contribution in [0.4, 0.5) is 29.5 Å². The smallest absolute Gasteiger partial charge is 0.225 e. The van der Waals surface area contributed by atoms with Gasteiger partial charge in [-0.2, -0.15) is 0 Å². The van der Waals surface area contributed by atoms with Crippen molar-refractivity contribution in [3.05, 3.63) is 143 Å². The number of rotatable bonds is 16. The van der Waals surface area contributed by atoms with Gasteiger partial charge in [-0.05, 0) is 138 Å². The Morgan fingerprint density at radius 3 is 1.27 bits per heavy atom. The predicted molar refractivity (Wildman–Crippen MR) is 288 cm³/mol. The number of aryl methyl sites for hydroxylation is 2. The molecule has 2 fully saturated rings. The van der Waals surface area contributed by atoms with Gasteiger partial charge in [0.1, 0.15) is 0 Å².